The number of thioether (sulfide) groups is 1. The number of hydrogen-bond acceptors (Lipinski definition) is 4. The van der Waals surface area contributed by atoms with Gasteiger partial charge in [0.2, 0.25) is 0 Å². The molecule has 1 aliphatic heterocycles. The van der Waals surface area contributed by atoms with Gasteiger partial charge in [0.25, 0.3) is 0 Å². The minimum atomic E-state index is -0.356. The fourth-order valence-electron chi connectivity index (χ4n) is 2.09. The largest absolute Gasteiger partial charge is 0.446 e. The van der Waals surface area contributed by atoms with E-state index in [2.05, 4.69) is 6.58 Å². The first-order valence-electron chi connectivity index (χ1n) is 5.39. The zero-order chi connectivity index (χ0) is 10.7. The Hall–Kier alpha value is -0.480. The van der Waals surface area contributed by atoms with Crippen LogP contribution in [0, 0.1) is 0 Å². The van der Waals surface area contributed by atoms with E-state index in [-0.39, 0.29) is 11.4 Å². The Bertz CT molecular complexity index is 254. The molecule has 1 saturated heterocycles. The van der Waals surface area contributed by atoms with Crippen molar-refractivity contribution in [2.24, 2.45) is 0 Å². The summed E-state index contributed by atoms with van der Waals surface area (Å²) < 4.78 is 10.9. The molecule has 15 heavy (non-hydrogen) atoms. The third-order valence-electron chi connectivity index (χ3n) is 2.83. The fraction of sp³-hybridized carbons (Fsp3) is 0.727. The lowest BCUT2D eigenvalue weighted by atomic mass is 9.97. The van der Waals surface area contributed by atoms with Crippen molar-refractivity contribution in [2.45, 2.75) is 42.5 Å². The Labute approximate surface area is 94.2 Å². The minimum absolute atomic E-state index is 0.144. The van der Waals surface area contributed by atoms with E-state index in [0.29, 0.717) is 18.0 Å². The highest BCUT2D eigenvalue weighted by atomic mass is 32.2. The standard InChI is InChI=1S/C11H16O3S/c1-2-10(12)14-11-7-13-8-5-3-4-6-9(8)15-11/h2,8-9,11H,1,3-7H2. The van der Waals surface area contributed by atoms with Crippen molar-refractivity contribution in [3.8, 4) is 0 Å². The van der Waals surface area contributed by atoms with Crippen LogP contribution in [-0.2, 0) is 14.3 Å². The van der Waals surface area contributed by atoms with Crippen LogP contribution in [0.4, 0.5) is 0 Å². The van der Waals surface area contributed by atoms with E-state index in [1.807, 2.05) is 0 Å². The zero-order valence-electron chi connectivity index (χ0n) is 8.69. The summed E-state index contributed by atoms with van der Waals surface area (Å²) in [6.45, 7) is 3.90. The molecule has 4 heteroatoms. The van der Waals surface area contributed by atoms with Gasteiger partial charge in [-0.15, -0.1) is 11.8 Å². The number of carbonyl (C=O) groups excluding carboxylic acids is 1. The van der Waals surface area contributed by atoms with Crippen molar-refractivity contribution in [1.82, 2.24) is 0 Å². The summed E-state index contributed by atoms with van der Waals surface area (Å²) in [5.41, 5.74) is -0.144. The van der Waals surface area contributed by atoms with Gasteiger partial charge in [-0.25, -0.2) is 4.79 Å². The molecule has 1 aliphatic carbocycles. The highest BCUT2D eigenvalue weighted by molar-refractivity contribution is 8.00. The number of hydrogen-bond donors (Lipinski definition) is 0. The van der Waals surface area contributed by atoms with Gasteiger partial charge in [-0.05, 0) is 12.8 Å². The monoisotopic (exact) mass is 228 g/mol. The molecule has 0 aromatic carbocycles. The molecule has 0 aromatic rings. The lowest BCUT2D eigenvalue weighted by molar-refractivity contribution is -0.143. The second-order valence-corrected chi connectivity index (χ2v) is 5.30. The van der Waals surface area contributed by atoms with Gasteiger partial charge in [-0.1, -0.05) is 19.4 Å². The second-order valence-electron chi connectivity index (χ2n) is 3.90. The molecule has 3 atom stereocenters. The molecular formula is C11H16O3S. The van der Waals surface area contributed by atoms with Crippen molar-refractivity contribution in [1.29, 1.82) is 0 Å². The maximum atomic E-state index is 11.0. The molecule has 3 nitrogen and oxygen atoms in total. The van der Waals surface area contributed by atoms with Gasteiger partial charge in [-0.2, -0.15) is 0 Å². The molecule has 1 heterocycles. The second kappa shape index (κ2) is 5.03. The smallest absolute Gasteiger partial charge is 0.331 e. The van der Waals surface area contributed by atoms with Crippen LogP contribution in [0.2, 0.25) is 0 Å². The highest BCUT2D eigenvalue weighted by Gasteiger charge is 2.34. The first-order valence-corrected chi connectivity index (χ1v) is 6.34. The van der Waals surface area contributed by atoms with Crippen molar-refractivity contribution in [3.63, 3.8) is 0 Å². The molecule has 0 bridgehead atoms. The predicted molar refractivity (Wildman–Crippen MR) is 59.7 cm³/mol. The first-order chi connectivity index (χ1) is 7.29. The molecule has 2 aliphatic rings. The molecule has 0 aromatic heterocycles. The Morgan fingerprint density at radius 1 is 1.47 bits per heavy atom. The summed E-state index contributed by atoms with van der Waals surface area (Å²) in [7, 11) is 0. The molecule has 0 N–H and O–H groups in total. The number of esters is 1. The van der Waals surface area contributed by atoms with Crippen LogP contribution in [0.25, 0.3) is 0 Å². The lowest BCUT2D eigenvalue weighted by Gasteiger charge is -2.38. The molecule has 0 radical (unpaired) electrons. The van der Waals surface area contributed by atoms with E-state index >= 15 is 0 Å². The summed E-state index contributed by atoms with van der Waals surface area (Å²) in [6, 6.07) is 0. The number of rotatable bonds is 2. The summed E-state index contributed by atoms with van der Waals surface area (Å²) >= 11 is 1.74. The summed E-state index contributed by atoms with van der Waals surface area (Å²) in [4.78, 5) is 11.0. The average Bonchev–Trinajstić information content (AvgIpc) is 2.29. The third-order valence-corrected chi connectivity index (χ3v) is 4.25. The molecule has 84 valence electrons. The topological polar surface area (TPSA) is 35.5 Å². The van der Waals surface area contributed by atoms with E-state index in [1.54, 1.807) is 11.8 Å². The average molecular weight is 228 g/mol. The van der Waals surface area contributed by atoms with E-state index in [1.165, 1.54) is 25.3 Å². The normalized spacial score (nSPS) is 35.3. The number of fused-ring (bicyclic) bond motifs is 1. The van der Waals surface area contributed by atoms with Crippen LogP contribution in [0.5, 0.6) is 0 Å². The van der Waals surface area contributed by atoms with Gasteiger partial charge >= 0.3 is 5.97 Å². The molecular weight excluding hydrogens is 212 g/mol. The summed E-state index contributed by atoms with van der Waals surface area (Å²) in [5.74, 6) is -0.356. The van der Waals surface area contributed by atoms with Gasteiger partial charge in [0, 0.05) is 11.3 Å². The van der Waals surface area contributed by atoms with Crippen molar-refractivity contribution >= 4 is 17.7 Å². The summed E-state index contributed by atoms with van der Waals surface area (Å²) in [6.07, 6.45) is 6.44. The quantitative estimate of drug-likeness (QED) is 0.535. The van der Waals surface area contributed by atoms with Crippen molar-refractivity contribution in [2.75, 3.05) is 6.61 Å². The van der Waals surface area contributed by atoms with Crippen LogP contribution in [0.15, 0.2) is 12.7 Å². The van der Waals surface area contributed by atoms with Gasteiger partial charge in [0.1, 0.15) is 0 Å². The molecule has 0 spiro atoms. The Morgan fingerprint density at radius 2 is 2.27 bits per heavy atom. The number of carbonyl (C=O) groups is 1. The van der Waals surface area contributed by atoms with E-state index in [4.69, 9.17) is 9.47 Å². The van der Waals surface area contributed by atoms with Gasteiger partial charge in [-0.3, -0.25) is 0 Å². The Balaban J connectivity index is 1.85. The lowest BCUT2D eigenvalue weighted by Crippen LogP contribution is -2.40. The van der Waals surface area contributed by atoms with E-state index in [9.17, 15) is 4.79 Å². The third kappa shape index (κ3) is 2.75. The molecule has 3 unspecified atom stereocenters. The van der Waals surface area contributed by atoms with Crippen LogP contribution >= 0.6 is 11.8 Å². The predicted octanol–water partition coefficient (Wildman–Crippen LogP) is 2.12. The zero-order valence-corrected chi connectivity index (χ0v) is 9.50. The van der Waals surface area contributed by atoms with E-state index < -0.39 is 0 Å². The van der Waals surface area contributed by atoms with Crippen LogP contribution in [-0.4, -0.2) is 29.4 Å². The SMILES string of the molecule is C=CC(=O)OC1COC2CCCCC2S1. The molecule has 2 fully saturated rings. The Kier molecular flexibility index (Phi) is 3.70. The van der Waals surface area contributed by atoms with Crippen molar-refractivity contribution < 1.29 is 14.3 Å². The van der Waals surface area contributed by atoms with Gasteiger partial charge < -0.3 is 9.47 Å². The van der Waals surface area contributed by atoms with Crippen LogP contribution in [0.3, 0.4) is 0 Å². The summed E-state index contributed by atoms with van der Waals surface area (Å²) in [5, 5.41) is 0.509. The van der Waals surface area contributed by atoms with Gasteiger partial charge in [0.15, 0.2) is 5.44 Å². The van der Waals surface area contributed by atoms with Crippen LogP contribution in [0.1, 0.15) is 25.7 Å². The first kappa shape index (κ1) is 11.0. The fourth-order valence-corrected chi connectivity index (χ4v) is 3.48. The maximum absolute atomic E-state index is 11.0. The van der Waals surface area contributed by atoms with Gasteiger partial charge in [0.05, 0.1) is 12.7 Å². The van der Waals surface area contributed by atoms with Crippen LogP contribution < -0.4 is 0 Å². The molecule has 0 amide bonds. The maximum Gasteiger partial charge on any atom is 0.331 e. The Morgan fingerprint density at radius 3 is 3.07 bits per heavy atom. The minimum Gasteiger partial charge on any atom is -0.446 e. The number of ether oxygens (including phenoxy) is 2. The molecule has 2 rings (SSSR count). The van der Waals surface area contributed by atoms with Crippen molar-refractivity contribution in [3.05, 3.63) is 12.7 Å². The van der Waals surface area contributed by atoms with E-state index in [0.717, 1.165) is 6.42 Å². The molecule has 1 saturated carbocycles. The highest BCUT2D eigenvalue weighted by Crippen LogP contribution is 2.37.